The Morgan fingerprint density at radius 2 is 1.89 bits per heavy atom. The van der Waals surface area contributed by atoms with Crippen molar-refractivity contribution in [1.29, 1.82) is 0 Å². The molecule has 1 aliphatic heterocycles. The molecule has 0 N–H and O–H groups in total. The summed E-state index contributed by atoms with van der Waals surface area (Å²) in [5, 5.41) is 7.97. The average molecular weight is 390 g/mol. The van der Waals surface area contributed by atoms with Gasteiger partial charge >= 0.3 is 6.18 Å². The summed E-state index contributed by atoms with van der Waals surface area (Å²) < 4.78 is 45.6. The number of amides is 1. The number of fused-ring (bicyclic) bond motifs is 1. The van der Waals surface area contributed by atoms with Crippen molar-refractivity contribution >= 4 is 11.6 Å². The fraction of sp³-hybridized carbons (Fsp3) is 0.316. The molecule has 6 nitrogen and oxygen atoms in total. The Balaban J connectivity index is 1.52. The molecule has 1 amide bonds. The third-order valence-corrected chi connectivity index (χ3v) is 4.78. The zero-order valence-corrected chi connectivity index (χ0v) is 15.0. The number of aromatic nitrogens is 3. The van der Waals surface area contributed by atoms with Crippen LogP contribution in [0.15, 0.2) is 42.6 Å². The van der Waals surface area contributed by atoms with E-state index in [0.29, 0.717) is 35.8 Å². The van der Waals surface area contributed by atoms with Crippen LogP contribution in [-0.2, 0) is 10.9 Å². The number of carbonyl (C=O) groups excluding carboxylic acids is 1. The molecule has 28 heavy (non-hydrogen) atoms. The fourth-order valence-electron chi connectivity index (χ4n) is 3.24. The second-order valence-electron chi connectivity index (χ2n) is 6.62. The van der Waals surface area contributed by atoms with Crippen LogP contribution in [0.25, 0.3) is 5.65 Å². The number of nitrogens with zero attached hydrogens (tertiary/aromatic N) is 4. The summed E-state index contributed by atoms with van der Waals surface area (Å²) in [4.78, 5) is 14.6. The van der Waals surface area contributed by atoms with Crippen LogP contribution in [0.3, 0.4) is 0 Å². The minimum atomic E-state index is -4.38. The van der Waals surface area contributed by atoms with Gasteiger partial charge in [0.1, 0.15) is 11.9 Å². The Bertz CT molecular complexity index is 1010. The summed E-state index contributed by atoms with van der Waals surface area (Å²) in [5.41, 5.74) is 1.04. The molecule has 146 valence electrons. The van der Waals surface area contributed by atoms with Crippen LogP contribution < -0.4 is 0 Å². The van der Waals surface area contributed by atoms with Crippen LogP contribution >= 0.6 is 0 Å². The molecule has 0 spiro atoms. The second-order valence-corrected chi connectivity index (χ2v) is 6.62. The first-order valence-electron chi connectivity index (χ1n) is 8.72. The SMILES string of the molecule is Cc1nnc2ccc(C(=O)N3CCOC(c4ccc(C(F)(F)F)cc4)C3)cn12. The molecule has 4 rings (SSSR count). The van der Waals surface area contributed by atoms with Crippen LogP contribution in [0, 0.1) is 6.92 Å². The lowest BCUT2D eigenvalue weighted by molar-refractivity contribution is -0.137. The maximum Gasteiger partial charge on any atom is 0.416 e. The van der Waals surface area contributed by atoms with Crippen LogP contribution in [-0.4, -0.2) is 45.1 Å². The van der Waals surface area contributed by atoms with Gasteiger partial charge in [-0.1, -0.05) is 12.1 Å². The van der Waals surface area contributed by atoms with Gasteiger partial charge in [-0.3, -0.25) is 9.20 Å². The number of alkyl halides is 3. The molecule has 1 aliphatic rings. The number of rotatable bonds is 2. The zero-order valence-electron chi connectivity index (χ0n) is 15.0. The Labute approximate surface area is 158 Å². The van der Waals surface area contributed by atoms with Crippen LogP contribution in [0.2, 0.25) is 0 Å². The number of hydrogen-bond donors (Lipinski definition) is 0. The van der Waals surface area contributed by atoms with E-state index >= 15 is 0 Å². The lowest BCUT2D eigenvalue weighted by atomic mass is 10.0. The Hall–Kier alpha value is -2.94. The number of benzene rings is 1. The minimum Gasteiger partial charge on any atom is -0.370 e. The highest BCUT2D eigenvalue weighted by Crippen LogP contribution is 2.31. The summed E-state index contributed by atoms with van der Waals surface area (Å²) in [6.45, 7) is 2.79. The number of morpholine rings is 1. The molecular weight excluding hydrogens is 373 g/mol. The Kier molecular flexibility index (Phi) is 4.54. The predicted molar refractivity (Wildman–Crippen MR) is 93.8 cm³/mol. The van der Waals surface area contributed by atoms with Gasteiger partial charge in [0, 0.05) is 12.7 Å². The molecule has 2 aromatic heterocycles. The largest absolute Gasteiger partial charge is 0.416 e. The van der Waals surface area contributed by atoms with Crippen molar-refractivity contribution in [2.75, 3.05) is 19.7 Å². The monoisotopic (exact) mass is 390 g/mol. The van der Waals surface area contributed by atoms with Gasteiger partial charge in [0.05, 0.1) is 24.3 Å². The van der Waals surface area contributed by atoms with E-state index in [0.717, 1.165) is 12.1 Å². The van der Waals surface area contributed by atoms with Crippen molar-refractivity contribution in [3.05, 3.63) is 65.1 Å². The van der Waals surface area contributed by atoms with Gasteiger partial charge in [-0.05, 0) is 36.8 Å². The minimum absolute atomic E-state index is 0.171. The standard InChI is InChI=1S/C19H17F3N4O2/c1-12-23-24-17-7-4-14(10-26(12)17)18(27)25-8-9-28-16(11-25)13-2-5-15(6-3-13)19(20,21)22/h2-7,10,16H,8-9,11H2,1H3. The Morgan fingerprint density at radius 3 is 2.61 bits per heavy atom. The van der Waals surface area contributed by atoms with Gasteiger partial charge in [0.15, 0.2) is 5.65 Å². The van der Waals surface area contributed by atoms with Crippen molar-refractivity contribution in [3.8, 4) is 0 Å². The first-order valence-corrected chi connectivity index (χ1v) is 8.72. The highest BCUT2D eigenvalue weighted by molar-refractivity contribution is 5.94. The summed E-state index contributed by atoms with van der Waals surface area (Å²) in [6, 6.07) is 8.27. The van der Waals surface area contributed by atoms with E-state index < -0.39 is 17.8 Å². The van der Waals surface area contributed by atoms with Gasteiger partial charge in [0.2, 0.25) is 0 Å². The molecule has 1 unspecified atom stereocenters. The third-order valence-electron chi connectivity index (χ3n) is 4.78. The molecule has 0 bridgehead atoms. The number of hydrogen-bond acceptors (Lipinski definition) is 4. The molecule has 1 fully saturated rings. The molecule has 1 saturated heterocycles. The first-order chi connectivity index (χ1) is 13.3. The van der Waals surface area contributed by atoms with Crippen molar-refractivity contribution in [2.24, 2.45) is 0 Å². The maximum absolute atomic E-state index is 12.9. The first kappa shape index (κ1) is 18.4. The topological polar surface area (TPSA) is 59.7 Å². The molecule has 9 heteroatoms. The van der Waals surface area contributed by atoms with Gasteiger partial charge in [0.25, 0.3) is 5.91 Å². The molecule has 1 atom stereocenters. The quantitative estimate of drug-likeness (QED) is 0.674. The zero-order chi connectivity index (χ0) is 19.9. The predicted octanol–water partition coefficient (Wildman–Crippen LogP) is 3.27. The van der Waals surface area contributed by atoms with Gasteiger partial charge in [-0.25, -0.2) is 0 Å². The van der Waals surface area contributed by atoms with E-state index in [1.54, 1.807) is 34.6 Å². The van der Waals surface area contributed by atoms with E-state index in [1.807, 2.05) is 0 Å². The molecule has 3 aromatic rings. The van der Waals surface area contributed by atoms with Crippen LogP contribution in [0.5, 0.6) is 0 Å². The van der Waals surface area contributed by atoms with Crippen LogP contribution in [0.4, 0.5) is 13.2 Å². The molecule has 3 heterocycles. The number of halogens is 3. The van der Waals surface area contributed by atoms with Gasteiger partial charge < -0.3 is 9.64 Å². The number of ether oxygens (including phenoxy) is 1. The van der Waals surface area contributed by atoms with E-state index in [2.05, 4.69) is 10.2 Å². The van der Waals surface area contributed by atoms with E-state index in [1.165, 1.54) is 12.1 Å². The highest BCUT2D eigenvalue weighted by atomic mass is 19.4. The van der Waals surface area contributed by atoms with Crippen molar-refractivity contribution in [1.82, 2.24) is 19.5 Å². The van der Waals surface area contributed by atoms with Gasteiger partial charge in [-0.2, -0.15) is 13.2 Å². The van der Waals surface area contributed by atoms with Crippen molar-refractivity contribution < 1.29 is 22.7 Å². The van der Waals surface area contributed by atoms with E-state index in [4.69, 9.17) is 4.74 Å². The van der Waals surface area contributed by atoms with Crippen molar-refractivity contribution in [2.45, 2.75) is 19.2 Å². The molecule has 1 aromatic carbocycles. The molecule has 0 saturated carbocycles. The summed E-state index contributed by atoms with van der Waals surface area (Å²) in [6.07, 6.45) is -3.16. The van der Waals surface area contributed by atoms with Crippen molar-refractivity contribution in [3.63, 3.8) is 0 Å². The number of carbonyl (C=O) groups is 1. The van der Waals surface area contributed by atoms with Gasteiger partial charge in [-0.15, -0.1) is 10.2 Å². The van der Waals surface area contributed by atoms with E-state index in [-0.39, 0.29) is 12.5 Å². The lowest BCUT2D eigenvalue weighted by Crippen LogP contribution is -2.42. The molecule has 0 aliphatic carbocycles. The Morgan fingerprint density at radius 1 is 1.14 bits per heavy atom. The van der Waals surface area contributed by atoms with E-state index in [9.17, 15) is 18.0 Å². The highest BCUT2D eigenvalue weighted by Gasteiger charge is 2.31. The fourth-order valence-corrected chi connectivity index (χ4v) is 3.24. The maximum atomic E-state index is 12.9. The second kappa shape index (κ2) is 6.90. The normalized spacial score (nSPS) is 17.9. The number of pyridine rings is 1. The number of aryl methyl sites for hydroxylation is 1. The summed E-state index contributed by atoms with van der Waals surface area (Å²) in [7, 11) is 0. The van der Waals surface area contributed by atoms with Crippen LogP contribution in [0.1, 0.15) is 33.4 Å². The smallest absolute Gasteiger partial charge is 0.370 e. The summed E-state index contributed by atoms with van der Waals surface area (Å²) in [5.74, 6) is 0.504. The molecule has 0 radical (unpaired) electrons. The third kappa shape index (κ3) is 3.45. The molecular formula is C19H17F3N4O2. The average Bonchev–Trinajstić information content (AvgIpc) is 3.07. The summed E-state index contributed by atoms with van der Waals surface area (Å²) >= 11 is 0. The lowest BCUT2D eigenvalue weighted by Gasteiger charge is -2.33.